The quantitative estimate of drug-likeness (QED) is 0.531. The molecule has 2 aromatic carbocycles. The van der Waals surface area contributed by atoms with Gasteiger partial charge in [0.15, 0.2) is 9.84 Å². The Morgan fingerprint density at radius 1 is 1.12 bits per heavy atom. The summed E-state index contributed by atoms with van der Waals surface area (Å²) in [4.78, 5) is 14.6. The molecule has 1 heterocycles. The van der Waals surface area contributed by atoms with Gasteiger partial charge in [0.2, 0.25) is 5.75 Å². The van der Waals surface area contributed by atoms with E-state index in [0.29, 0.717) is 5.75 Å². The van der Waals surface area contributed by atoms with Crippen molar-refractivity contribution in [3.05, 3.63) is 64.8 Å². The second kappa shape index (κ2) is 5.89. The molecule has 0 radical (unpaired) electrons. The van der Waals surface area contributed by atoms with Crippen molar-refractivity contribution in [3.8, 4) is 11.5 Å². The Labute approximate surface area is 137 Å². The zero-order valence-corrected chi connectivity index (χ0v) is 13.4. The average molecular weight is 344 g/mol. The van der Waals surface area contributed by atoms with Gasteiger partial charge in [-0.15, -0.1) is 0 Å². The van der Waals surface area contributed by atoms with Gasteiger partial charge in [-0.05, 0) is 36.4 Å². The fraction of sp³-hybridized carbons (Fsp3) is 0.0625. The number of pyridine rings is 1. The summed E-state index contributed by atoms with van der Waals surface area (Å²) < 4.78 is 28.7. The lowest BCUT2D eigenvalue weighted by atomic mass is 10.2. The lowest BCUT2D eigenvalue weighted by Crippen LogP contribution is -2.00. The lowest BCUT2D eigenvalue weighted by Gasteiger charge is -2.08. The molecule has 0 saturated carbocycles. The SMILES string of the molecule is CS(=O)(=O)c1ccc(Oc2ccc3ncccc3c2)c([N+](=O)[O-])c1. The van der Waals surface area contributed by atoms with Gasteiger partial charge in [-0.3, -0.25) is 15.1 Å². The van der Waals surface area contributed by atoms with Crippen LogP contribution in [0.2, 0.25) is 0 Å². The average Bonchev–Trinajstić information content (AvgIpc) is 2.54. The van der Waals surface area contributed by atoms with Crippen molar-refractivity contribution >= 4 is 26.4 Å². The van der Waals surface area contributed by atoms with Crippen LogP contribution in [0.25, 0.3) is 10.9 Å². The van der Waals surface area contributed by atoms with Gasteiger partial charge >= 0.3 is 5.69 Å². The van der Waals surface area contributed by atoms with Crippen LogP contribution in [0.5, 0.6) is 11.5 Å². The molecule has 0 spiro atoms. The van der Waals surface area contributed by atoms with Crippen molar-refractivity contribution in [2.24, 2.45) is 0 Å². The summed E-state index contributed by atoms with van der Waals surface area (Å²) in [5.74, 6) is 0.362. The third-order valence-electron chi connectivity index (χ3n) is 3.36. The number of sulfone groups is 1. The molecule has 122 valence electrons. The second-order valence-corrected chi connectivity index (χ2v) is 7.13. The number of hydrogen-bond donors (Lipinski definition) is 0. The van der Waals surface area contributed by atoms with E-state index in [2.05, 4.69) is 4.98 Å². The summed E-state index contributed by atoms with van der Waals surface area (Å²) >= 11 is 0. The third-order valence-corrected chi connectivity index (χ3v) is 4.47. The molecule has 0 N–H and O–H groups in total. The van der Waals surface area contributed by atoms with E-state index >= 15 is 0 Å². The Hall–Kier alpha value is -3.00. The van der Waals surface area contributed by atoms with Gasteiger partial charge in [-0.1, -0.05) is 6.07 Å². The van der Waals surface area contributed by atoms with E-state index in [9.17, 15) is 18.5 Å². The van der Waals surface area contributed by atoms with E-state index in [-0.39, 0.29) is 10.6 Å². The van der Waals surface area contributed by atoms with Crippen LogP contribution < -0.4 is 4.74 Å². The van der Waals surface area contributed by atoms with Gasteiger partial charge in [0.25, 0.3) is 0 Å². The summed E-state index contributed by atoms with van der Waals surface area (Å²) in [5.41, 5.74) is 0.357. The standard InChI is InChI=1S/C16H12N2O5S/c1-24(21,22)13-5-7-16(15(10-13)18(19)20)23-12-4-6-14-11(9-12)3-2-8-17-14/h2-10H,1H3. The van der Waals surface area contributed by atoms with Crippen molar-refractivity contribution in [3.63, 3.8) is 0 Å². The summed E-state index contributed by atoms with van der Waals surface area (Å²) in [5, 5.41) is 12.0. The molecule has 0 saturated heterocycles. The molecule has 3 aromatic rings. The minimum absolute atomic E-state index is 0.0318. The normalized spacial score (nSPS) is 11.4. The molecule has 8 heteroatoms. The lowest BCUT2D eigenvalue weighted by molar-refractivity contribution is -0.385. The fourth-order valence-electron chi connectivity index (χ4n) is 2.20. The number of ether oxygens (including phenoxy) is 1. The molecule has 0 bridgehead atoms. The molecule has 24 heavy (non-hydrogen) atoms. The van der Waals surface area contributed by atoms with Crippen LogP contribution in [0.15, 0.2) is 59.6 Å². The van der Waals surface area contributed by atoms with Gasteiger partial charge in [0.05, 0.1) is 15.3 Å². The van der Waals surface area contributed by atoms with Crippen LogP contribution in [0.1, 0.15) is 0 Å². The van der Waals surface area contributed by atoms with Gasteiger partial charge in [-0.25, -0.2) is 8.42 Å². The third kappa shape index (κ3) is 3.18. The van der Waals surface area contributed by atoms with Crippen molar-refractivity contribution in [2.75, 3.05) is 6.26 Å². The Bertz CT molecular complexity index is 1050. The maximum atomic E-state index is 11.6. The molecular weight excluding hydrogens is 332 g/mol. The highest BCUT2D eigenvalue weighted by molar-refractivity contribution is 7.90. The zero-order chi connectivity index (χ0) is 17.3. The minimum Gasteiger partial charge on any atom is -0.450 e. The van der Waals surface area contributed by atoms with Crippen LogP contribution in [0.4, 0.5) is 5.69 Å². The van der Waals surface area contributed by atoms with Crippen LogP contribution in [0, 0.1) is 10.1 Å². The molecule has 0 atom stereocenters. The van der Waals surface area contributed by atoms with Crippen LogP contribution in [-0.2, 0) is 9.84 Å². The summed E-state index contributed by atoms with van der Waals surface area (Å²) in [6.45, 7) is 0. The molecule has 7 nitrogen and oxygen atoms in total. The van der Waals surface area contributed by atoms with E-state index in [1.807, 2.05) is 6.07 Å². The number of rotatable bonds is 4. The molecule has 3 rings (SSSR count). The van der Waals surface area contributed by atoms with E-state index in [1.54, 1.807) is 30.5 Å². The fourth-order valence-corrected chi connectivity index (χ4v) is 2.84. The number of nitro groups is 1. The molecule has 0 aliphatic heterocycles. The zero-order valence-electron chi connectivity index (χ0n) is 12.5. The first-order valence-electron chi connectivity index (χ1n) is 6.86. The highest BCUT2D eigenvalue weighted by Gasteiger charge is 2.20. The molecule has 0 aliphatic carbocycles. The minimum atomic E-state index is -3.55. The first-order chi connectivity index (χ1) is 11.3. The van der Waals surface area contributed by atoms with E-state index in [0.717, 1.165) is 23.2 Å². The topological polar surface area (TPSA) is 99.4 Å². The number of nitrogens with zero attached hydrogens (tertiary/aromatic N) is 2. The first kappa shape index (κ1) is 15.9. The highest BCUT2D eigenvalue weighted by atomic mass is 32.2. The van der Waals surface area contributed by atoms with Crippen molar-refractivity contribution in [1.29, 1.82) is 0 Å². The maximum Gasteiger partial charge on any atom is 0.312 e. The predicted molar refractivity (Wildman–Crippen MR) is 88.0 cm³/mol. The van der Waals surface area contributed by atoms with E-state index in [4.69, 9.17) is 4.74 Å². The number of fused-ring (bicyclic) bond motifs is 1. The Morgan fingerprint density at radius 2 is 1.92 bits per heavy atom. The molecule has 0 unspecified atom stereocenters. The molecule has 1 aromatic heterocycles. The van der Waals surface area contributed by atoms with Crippen molar-refractivity contribution in [2.45, 2.75) is 4.90 Å². The van der Waals surface area contributed by atoms with Crippen molar-refractivity contribution < 1.29 is 18.1 Å². The van der Waals surface area contributed by atoms with Crippen LogP contribution in [-0.4, -0.2) is 24.6 Å². The number of nitro benzene ring substituents is 1. The monoisotopic (exact) mass is 344 g/mol. The van der Waals surface area contributed by atoms with E-state index in [1.165, 1.54) is 12.1 Å². The highest BCUT2D eigenvalue weighted by Crippen LogP contribution is 2.34. The summed E-state index contributed by atoms with van der Waals surface area (Å²) in [6, 6.07) is 12.3. The van der Waals surface area contributed by atoms with Gasteiger partial charge in [-0.2, -0.15) is 0 Å². The maximum absolute atomic E-state index is 11.6. The van der Waals surface area contributed by atoms with Crippen LogP contribution in [0.3, 0.4) is 0 Å². The summed E-state index contributed by atoms with van der Waals surface area (Å²) in [7, 11) is -3.55. The Kier molecular flexibility index (Phi) is 3.90. The molecule has 0 aliphatic rings. The smallest absolute Gasteiger partial charge is 0.312 e. The predicted octanol–water partition coefficient (Wildman–Crippen LogP) is 3.34. The molecule has 0 amide bonds. The number of hydrogen-bond acceptors (Lipinski definition) is 6. The largest absolute Gasteiger partial charge is 0.450 e. The Balaban J connectivity index is 2.03. The number of benzene rings is 2. The molecule has 0 fully saturated rings. The van der Waals surface area contributed by atoms with Crippen LogP contribution >= 0.6 is 0 Å². The summed E-state index contributed by atoms with van der Waals surface area (Å²) in [6.07, 6.45) is 2.65. The first-order valence-corrected chi connectivity index (χ1v) is 8.75. The van der Waals surface area contributed by atoms with E-state index < -0.39 is 20.4 Å². The number of aromatic nitrogens is 1. The Morgan fingerprint density at radius 3 is 2.62 bits per heavy atom. The van der Waals surface area contributed by atoms with Gasteiger partial charge in [0, 0.05) is 23.9 Å². The van der Waals surface area contributed by atoms with Crippen molar-refractivity contribution in [1.82, 2.24) is 4.98 Å². The second-order valence-electron chi connectivity index (χ2n) is 5.12. The van der Waals surface area contributed by atoms with Gasteiger partial charge < -0.3 is 4.74 Å². The molecular formula is C16H12N2O5S. The van der Waals surface area contributed by atoms with Gasteiger partial charge in [0.1, 0.15) is 5.75 Å².